The third-order valence-electron chi connectivity index (χ3n) is 29.6. The lowest BCUT2D eigenvalue weighted by atomic mass is 9.97. The van der Waals surface area contributed by atoms with E-state index in [2.05, 4.69) is 102 Å². The minimum Gasteiger partial charge on any atom is -0.386 e. The highest BCUT2D eigenvalue weighted by molar-refractivity contribution is 7.94. The lowest BCUT2D eigenvalue weighted by molar-refractivity contribution is 0.0777. The molecule has 0 bridgehead atoms. The van der Waals surface area contributed by atoms with E-state index in [9.17, 15) is 79.2 Å². The average molecular weight is 2130 g/mol. The Morgan fingerprint density at radius 1 is 0.267 bits per heavy atom. The van der Waals surface area contributed by atoms with E-state index in [0.29, 0.717) is 16.1 Å². The van der Waals surface area contributed by atoms with E-state index in [1.165, 1.54) is 156 Å². The second-order valence-electron chi connectivity index (χ2n) is 40.0. The van der Waals surface area contributed by atoms with E-state index in [1.807, 2.05) is 0 Å². The van der Waals surface area contributed by atoms with E-state index in [-0.39, 0.29) is 62.3 Å². The van der Waals surface area contributed by atoms with Gasteiger partial charge in [0.2, 0.25) is 0 Å². The molecule has 0 saturated heterocycles. The molecule has 146 heavy (non-hydrogen) atoms. The van der Waals surface area contributed by atoms with Gasteiger partial charge in [-0.25, -0.2) is 68.6 Å². The summed E-state index contributed by atoms with van der Waals surface area (Å²) >= 11 is 18.0. The number of hydrogen-bond acceptors (Lipinski definition) is 17. The fourth-order valence-electron chi connectivity index (χ4n) is 23.0. The number of amides is 15. The minimum atomic E-state index is -3.49. The van der Waals surface area contributed by atoms with Crippen LogP contribution in [0.1, 0.15) is 266 Å². The van der Waals surface area contributed by atoms with E-state index >= 15 is 0 Å². The minimum absolute atomic E-state index is 0.0935. The summed E-state index contributed by atoms with van der Waals surface area (Å²) in [6.07, 6.45) is 30.0. The molecule has 5 atom stereocenters. The van der Waals surface area contributed by atoms with Crippen LogP contribution in [0.25, 0.3) is 0 Å². The zero-order chi connectivity index (χ0) is 102. The maximum absolute atomic E-state index is 13.5. The number of hydrogen-bond donors (Lipinski definition) is 12. The fraction of sp³-hybridized carbons (Fsp3) is 0.340. The first-order chi connectivity index (χ1) is 69.7. The SMILES string of the molecule is CC(C)(O)c1ccc2c(c1)S(=O)(NC(=O)Nc1c3c(cc4c1CCC4)CCC3)=NC2=O.CC(C)(O)c1ccc2c(c1)S(=O)(NC(=O)Nc1c3c(cc4c1CCC4)CCC3)=NC2=O.O=C(Nc1c2c(cc3c1CCC3)CCC2)NS1(=O)=NC(=O)c2c(Cl)cccc21.O=C(Nc1c2c(cc3c1CCC3)CCC2)NS1(=O)=NC(=O)c2c(Cl)cccc21.O=C(Nc1c2c(cc3c1CCC3)CCC2)NS1(=O)=NC(=O)c2cc(Cl)ccc21. The van der Waals surface area contributed by atoms with Gasteiger partial charge in [-0.3, -0.25) is 24.0 Å². The summed E-state index contributed by atoms with van der Waals surface area (Å²) in [7, 11) is -17.2. The lowest BCUT2D eigenvalue weighted by Gasteiger charge is -2.19. The number of aryl methyl sites for hydroxylation is 10. The van der Waals surface area contributed by atoms with Crippen molar-refractivity contribution >= 4 is 173 Å². The lowest BCUT2D eigenvalue weighted by Crippen LogP contribution is -2.34. The molecule has 5 unspecified atom stereocenters. The Balaban J connectivity index is 0.000000107. The second kappa shape index (κ2) is 38.3. The molecule has 10 aromatic rings. The topological polar surface area (TPSA) is 479 Å². The third-order valence-corrected chi connectivity index (χ3v) is 39.6. The van der Waals surface area contributed by atoms with Crippen LogP contribution >= 0.6 is 34.8 Å². The van der Waals surface area contributed by atoms with E-state index in [4.69, 9.17) is 34.8 Å². The average Bonchev–Trinajstić information content (AvgIpc) is 1.60. The first-order valence-corrected chi connectivity index (χ1v) is 57.8. The van der Waals surface area contributed by atoms with Crippen molar-refractivity contribution in [1.29, 1.82) is 0 Å². The van der Waals surface area contributed by atoms with E-state index < -0.39 is 120 Å². The smallest absolute Gasteiger partial charge is 0.331 e. The summed E-state index contributed by atoms with van der Waals surface area (Å²) < 4.78 is 97.6. The van der Waals surface area contributed by atoms with Gasteiger partial charge in [0.1, 0.15) is 0 Å². The predicted molar refractivity (Wildman–Crippen MR) is 557 cm³/mol. The monoisotopic (exact) mass is 2120 g/mol. The van der Waals surface area contributed by atoms with Gasteiger partial charge in [0.05, 0.1) is 73.5 Å². The summed E-state index contributed by atoms with van der Waals surface area (Å²) in [5, 5.41) is 36.0. The number of nitrogens with one attached hydrogen (secondary N) is 10. The van der Waals surface area contributed by atoms with E-state index in [0.717, 1.165) is 243 Å². The Kier molecular flexibility index (Phi) is 26.1. The summed E-state index contributed by atoms with van der Waals surface area (Å²) in [6.45, 7) is 6.39. The molecule has 0 radical (unpaired) electrons. The molecular formula is C106H104Cl3N15O17S5. The van der Waals surface area contributed by atoms with Gasteiger partial charge in [-0.05, 0) is 409 Å². The summed E-state index contributed by atoms with van der Waals surface area (Å²) in [6, 6.07) is 31.1. The molecule has 0 spiro atoms. The zero-order valence-corrected chi connectivity index (χ0v) is 86.5. The van der Waals surface area contributed by atoms with Crippen molar-refractivity contribution in [2.45, 2.75) is 256 Å². The number of halogens is 3. The normalized spacial score (nSPS) is 21.5. The second-order valence-corrected chi connectivity index (χ2v) is 50.6. The Morgan fingerprint density at radius 3 is 0.740 bits per heavy atom. The van der Waals surface area contributed by atoms with Crippen molar-refractivity contribution in [2.75, 3.05) is 26.6 Å². The van der Waals surface area contributed by atoms with Crippen LogP contribution in [0.4, 0.5) is 52.4 Å². The van der Waals surface area contributed by atoms with Crippen LogP contribution in [0.15, 0.2) is 168 Å². The maximum atomic E-state index is 13.5. The van der Waals surface area contributed by atoms with Gasteiger partial charge in [-0.1, -0.05) is 89.4 Å². The van der Waals surface area contributed by atoms with Gasteiger partial charge in [-0.15, -0.1) is 21.8 Å². The van der Waals surface area contributed by atoms with Gasteiger partial charge >= 0.3 is 30.2 Å². The van der Waals surface area contributed by atoms with Gasteiger partial charge in [0.15, 0.2) is 49.6 Å². The van der Waals surface area contributed by atoms with Gasteiger partial charge in [0.25, 0.3) is 29.5 Å². The quantitative estimate of drug-likeness (QED) is 0.0540. The highest BCUT2D eigenvalue weighted by Crippen LogP contribution is 2.47. The molecule has 25 rings (SSSR count). The summed E-state index contributed by atoms with van der Waals surface area (Å²) in [5.41, 5.74) is 28.1. The molecule has 15 aliphatic rings. The number of carbonyl (C=O) groups is 10. The van der Waals surface area contributed by atoms with Crippen LogP contribution < -0.4 is 50.2 Å². The molecule has 12 N–H and O–H groups in total. The molecule has 5 aliphatic heterocycles. The molecule has 756 valence electrons. The highest BCUT2D eigenvalue weighted by Gasteiger charge is 2.42. The molecule has 0 fully saturated rings. The number of carbonyl (C=O) groups excluding carboxylic acids is 10. The van der Waals surface area contributed by atoms with Crippen molar-refractivity contribution in [2.24, 2.45) is 21.8 Å². The number of urea groups is 5. The number of fused-ring (bicyclic) bond motifs is 15. The van der Waals surface area contributed by atoms with Crippen molar-refractivity contribution in [3.63, 3.8) is 0 Å². The summed E-state index contributed by atoms with van der Waals surface area (Å²) in [4.78, 5) is 126. The number of aliphatic hydroxyl groups is 2. The number of anilines is 5. The van der Waals surface area contributed by atoms with Crippen molar-refractivity contribution in [3.8, 4) is 0 Å². The van der Waals surface area contributed by atoms with Crippen molar-refractivity contribution in [1.82, 2.24) is 23.6 Å². The summed E-state index contributed by atoms with van der Waals surface area (Å²) in [5.74, 6) is -3.25. The van der Waals surface area contributed by atoms with Crippen molar-refractivity contribution in [3.05, 3.63) is 287 Å². The Morgan fingerprint density at radius 2 is 0.493 bits per heavy atom. The molecule has 15 amide bonds. The molecule has 0 aromatic heterocycles. The number of benzene rings is 10. The highest BCUT2D eigenvalue weighted by atomic mass is 35.5. The Bertz CT molecular complexity index is 7740. The van der Waals surface area contributed by atoms with Crippen LogP contribution in [0.3, 0.4) is 0 Å². The molecule has 10 aromatic carbocycles. The van der Waals surface area contributed by atoms with E-state index in [1.54, 1.807) is 52.0 Å². The molecule has 0 saturated carbocycles. The number of rotatable bonds is 12. The molecule has 10 aliphatic carbocycles. The standard InChI is InChI=1S/2C23H25N3O4S.3C20H18ClN3O3S/c2*1-23(2,29)15-9-10-18-19(12-15)31(30,25-21(18)27)26-22(28)24-20-16-7-3-5-13(16)11-14-6-4-8-17(14)20;2*21-15-8-3-9-16-17(15)19(25)23-28(16,27)24-20(26)22-18-13-6-1-4-11(13)10-12-5-2-7-14(12)18;21-13-7-8-17-16(10-13)19(25)23-28(17,27)24-20(26)22-18-14-5-1-3-11(14)9-12-4-2-6-15(12)18/h2*9-12,29H,3-8H2,1-2H3,(H2,24,25,26,27,28,30);2*3,8-10H,1-2,4-7H2,(H2,22,23,24,25,26,27);7-10H,1-6H2,(H2,22,23,24,25,26,27). The Labute approximate surface area is 859 Å². The van der Waals surface area contributed by atoms with Crippen molar-refractivity contribution < 1.29 is 79.2 Å². The largest absolute Gasteiger partial charge is 0.386 e. The third kappa shape index (κ3) is 18.6. The van der Waals surface area contributed by atoms with Gasteiger partial charge in [0, 0.05) is 33.5 Å². The zero-order valence-electron chi connectivity index (χ0n) is 80.2. The first kappa shape index (κ1) is 99.4. The van der Waals surface area contributed by atoms with Crippen LogP contribution in [0.2, 0.25) is 15.1 Å². The fourth-order valence-corrected chi connectivity index (χ4v) is 31.9. The van der Waals surface area contributed by atoms with Gasteiger partial charge < -0.3 is 36.8 Å². The van der Waals surface area contributed by atoms with Crippen LogP contribution in [0, 0.1) is 0 Å². The predicted octanol–water partition coefficient (Wildman–Crippen LogP) is 19.3. The van der Waals surface area contributed by atoms with Crippen LogP contribution in [-0.4, -0.2) is 90.9 Å². The van der Waals surface area contributed by atoms with Gasteiger partial charge in [-0.2, -0.15) is 0 Å². The number of nitrogens with zero attached hydrogens (tertiary/aromatic N) is 5. The maximum Gasteiger partial charge on any atom is 0.331 e. The molecule has 40 heteroatoms. The molecule has 5 heterocycles. The molecule has 32 nitrogen and oxygen atoms in total. The first-order valence-electron chi connectivity index (χ1n) is 49.1. The van der Waals surface area contributed by atoms with Crippen LogP contribution in [0.5, 0.6) is 0 Å². The molecular weight excluding hydrogens is 2020 g/mol. The Hall–Kier alpha value is -12.6. The van der Waals surface area contributed by atoms with Crippen LogP contribution in [-0.2, 0) is 189 Å².